The molecule has 2 heterocycles. The third-order valence-corrected chi connectivity index (χ3v) is 2.18. The molecule has 4 N–H and O–H groups in total. The fourth-order valence-electron chi connectivity index (χ4n) is 1.28. The summed E-state index contributed by atoms with van der Waals surface area (Å²) >= 11 is 0. The molecule has 0 amide bonds. The van der Waals surface area contributed by atoms with E-state index < -0.39 is 0 Å². The van der Waals surface area contributed by atoms with E-state index in [4.69, 9.17) is 15.2 Å². The molecule has 1 atom stereocenters. The topological polar surface area (TPSA) is 70.5 Å². The van der Waals surface area contributed by atoms with Gasteiger partial charge in [0, 0.05) is 19.8 Å². The Morgan fingerprint density at radius 3 is 1.93 bits per heavy atom. The van der Waals surface area contributed by atoms with Crippen LogP contribution in [-0.4, -0.2) is 40.0 Å². The maximum absolute atomic E-state index is 5.35. The van der Waals surface area contributed by atoms with Crippen molar-refractivity contribution >= 4 is 0 Å². The summed E-state index contributed by atoms with van der Waals surface area (Å²) in [4.78, 5) is 0. The average Bonchev–Trinajstić information content (AvgIpc) is 2.97. The molecule has 86 valence electrons. The molecule has 2 fully saturated rings. The number of ether oxygens (including phenoxy) is 2. The maximum atomic E-state index is 5.35. The molecule has 2 rings (SSSR count). The second-order valence-corrected chi connectivity index (χ2v) is 3.28. The van der Waals surface area contributed by atoms with Crippen molar-refractivity contribution in [2.75, 3.05) is 40.0 Å². The molecule has 0 aromatic heterocycles. The first-order valence-corrected chi connectivity index (χ1v) is 5.37. The number of nitrogens with two attached hydrogens (primary N) is 2. The Morgan fingerprint density at radius 2 is 1.71 bits per heavy atom. The highest BCUT2D eigenvalue weighted by molar-refractivity contribution is 4.63. The van der Waals surface area contributed by atoms with Crippen LogP contribution in [0.25, 0.3) is 0 Å². The van der Waals surface area contributed by atoms with Crippen LogP contribution in [0.1, 0.15) is 19.3 Å². The SMILES string of the molecule is C1CCOC1.CN.NCC1CCOC1. The van der Waals surface area contributed by atoms with E-state index in [1.165, 1.54) is 19.9 Å². The van der Waals surface area contributed by atoms with Gasteiger partial charge in [0.25, 0.3) is 0 Å². The Labute approximate surface area is 86.9 Å². The van der Waals surface area contributed by atoms with E-state index in [0.717, 1.165) is 39.4 Å². The highest BCUT2D eigenvalue weighted by Gasteiger charge is 2.12. The van der Waals surface area contributed by atoms with E-state index in [1.54, 1.807) is 0 Å². The first-order valence-electron chi connectivity index (χ1n) is 5.37. The van der Waals surface area contributed by atoms with Crippen LogP contribution in [0.4, 0.5) is 0 Å². The summed E-state index contributed by atoms with van der Waals surface area (Å²) in [5.74, 6) is 0.653. The lowest BCUT2D eigenvalue weighted by Gasteiger charge is -1.97. The molecule has 0 bridgehead atoms. The zero-order chi connectivity index (χ0) is 10.6. The Hall–Kier alpha value is -0.160. The van der Waals surface area contributed by atoms with Gasteiger partial charge in [0.2, 0.25) is 0 Å². The van der Waals surface area contributed by atoms with E-state index in [1.807, 2.05) is 0 Å². The molecule has 0 aromatic rings. The minimum atomic E-state index is 0.653. The van der Waals surface area contributed by atoms with Crippen molar-refractivity contribution in [1.82, 2.24) is 0 Å². The monoisotopic (exact) mass is 204 g/mol. The van der Waals surface area contributed by atoms with Crippen LogP contribution in [0.2, 0.25) is 0 Å². The molecule has 0 radical (unpaired) electrons. The Balaban J connectivity index is 0.000000213. The Kier molecular flexibility index (Phi) is 10.8. The molecular weight excluding hydrogens is 180 g/mol. The van der Waals surface area contributed by atoms with Crippen LogP contribution < -0.4 is 11.5 Å². The van der Waals surface area contributed by atoms with E-state index >= 15 is 0 Å². The minimum Gasteiger partial charge on any atom is -0.381 e. The zero-order valence-corrected chi connectivity index (χ0v) is 9.21. The van der Waals surface area contributed by atoms with Gasteiger partial charge < -0.3 is 20.9 Å². The maximum Gasteiger partial charge on any atom is 0.0507 e. The zero-order valence-electron chi connectivity index (χ0n) is 9.21. The number of hydrogen-bond acceptors (Lipinski definition) is 4. The smallest absolute Gasteiger partial charge is 0.0507 e. The predicted molar refractivity (Wildman–Crippen MR) is 58.1 cm³/mol. The molecule has 1 unspecified atom stereocenters. The average molecular weight is 204 g/mol. The van der Waals surface area contributed by atoms with Crippen molar-refractivity contribution in [2.45, 2.75) is 19.3 Å². The third-order valence-electron chi connectivity index (χ3n) is 2.18. The predicted octanol–water partition coefficient (Wildman–Crippen LogP) is 0.353. The minimum absolute atomic E-state index is 0.653. The third kappa shape index (κ3) is 7.26. The van der Waals surface area contributed by atoms with Crippen molar-refractivity contribution < 1.29 is 9.47 Å². The van der Waals surface area contributed by atoms with Gasteiger partial charge in [-0.1, -0.05) is 0 Å². The Morgan fingerprint density at radius 1 is 1.07 bits per heavy atom. The first-order chi connectivity index (χ1) is 6.93. The molecule has 2 aliphatic rings. The van der Waals surface area contributed by atoms with Crippen LogP contribution in [0.15, 0.2) is 0 Å². The van der Waals surface area contributed by atoms with Crippen LogP contribution >= 0.6 is 0 Å². The first kappa shape index (κ1) is 13.8. The highest BCUT2D eigenvalue weighted by atomic mass is 16.5. The summed E-state index contributed by atoms with van der Waals surface area (Å²) in [5.41, 5.74) is 9.85. The fraction of sp³-hybridized carbons (Fsp3) is 1.00. The van der Waals surface area contributed by atoms with Gasteiger partial charge >= 0.3 is 0 Å². The molecule has 2 aliphatic heterocycles. The van der Waals surface area contributed by atoms with Gasteiger partial charge in [0.15, 0.2) is 0 Å². The van der Waals surface area contributed by atoms with E-state index in [0.29, 0.717) is 5.92 Å². The van der Waals surface area contributed by atoms with Gasteiger partial charge in [0.05, 0.1) is 6.61 Å². The Bertz CT molecular complexity index is 94.7. The largest absolute Gasteiger partial charge is 0.381 e. The van der Waals surface area contributed by atoms with E-state index in [9.17, 15) is 0 Å². The normalized spacial score (nSPS) is 24.6. The van der Waals surface area contributed by atoms with Gasteiger partial charge in [-0.2, -0.15) is 0 Å². The van der Waals surface area contributed by atoms with Gasteiger partial charge in [-0.25, -0.2) is 0 Å². The molecular formula is C10H24N2O2. The summed E-state index contributed by atoms with van der Waals surface area (Å²) in [6.07, 6.45) is 3.72. The quantitative estimate of drug-likeness (QED) is 0.646. The van der Waals surface area contributed by atoms with Crippen molar-refractivity contribution in [3.63, 3.8) is 0 Å². The molecule has 4 nitrogen and oxygen atoms in total. The number of rotatable bonds is 1. The fourth-order valence-corrected chi connectivity index (χ4v) is 1.28. The van der Waals surface area contributed by atoms with Crippen molar-refractivity contribution in [1.29, 1.82) is 0 Å². The molecule has 0 aliphatic carbocycles. The molecule has 4 heteroatoms. The standard InChI is InChI=1S/C5H11NO.C4H8O.CH5N/c6-3-5-1-2-7-4-5;1-2-4-5-3-1;1-2/h5H,1-4,6H2;1-4H2;2H2,1H3. The van der Waals surface area contributed by atoms with Gasteiger partial charge in [-0.15, -0.1) is 0 Å². The summed E-state index contributed by atoms with van der Waals surface area (Å²) in [5, 5.41) is 0. The molecule has 0 saturated carbocycles. The summed E-state index contributed by atoms with van der Waals surface area (Å²) in [6.45, 7) is 4.60. The molecule has 0 spiro atoms. The van der Waals surface area contributed by atoms with Crippen LogP contribution in [-0.2, 0) is 9.47 Å². The molecule has 0 aromatic carbocycles. The van der Waals surface area contributed by atoms with Crippen LogP contribution in [0.3, 0.4) is 0 Å². The van der Waals surface area contributed by atoms with E-state index in [-0.39, 0.29) is 0 Å². The van der Waals surface area contributed by atoms with Gasteiger partial charge in [-0.3, -0.25) is 0 Å². The molecule has 2 saturated heterocycles. The number of hydrogen-bond donors (Lipinski definition) is 2. The lowest BCUT2D eigenvalue weighted by Crippen LogP contribution is -2.13. The van der Waals surface area contributed by atoms with E-state index in [2.05, 4.69) is 5.73 Å². The van der Waals surface area contributed by atoms with Crippen LogP contribution in [0.5, 0.6) is 0 Å². The summed E-state index contributed by atoms with van der Waals surface area (Å²) in [7, 11) is 1.50. The van der Waals surface area contributed by atoms with Crippen molar-refractivity contribution in [2.24, 2.45) is 17.4 Å². The van der Waals surface area contributed by atoms with Gasteiger partial charge in [-0.05, 0) is 38.8 Å². The highest BCUT2D eigenvalue weighted by Crippen LogP contribution is 2.08. The summed E-state index contributed by atoms with van der Waals surface area (Å²) in [6, 6.07) is 0. The molecule has 14 heavy (non-hydrogen) atoms. The lowest BCUT2D eigenvalue weighted by atomic mass is 10.1. The van der Waals surface area contributed by atoms with Crippen molar-refractivity contribution in [3.8, 4) is 0 Å². The van der Waals surface area contributed by atoms with Gasteiger partial charge in [0.1, 0.15) is 0 Å². The van der Waals surface area contributed by atoms with Crippen molar-refractivity contribution in [3.05, 3.63) is 0 Å². The lowest BCUT2D eigenvalue weighted by molar-refractivity contribution is 0.187. The van der Waals surface area contributed by atoms with Crippen LogP contribution in [0, 0.1) is 5.92 Å². The second-order valence-electron chi connectivity index (χ2n) is 3.28. The summed E-state index contributed by atoms with van der Waals surface area (Å²) < 4.78 is 10.0. The second kappa shape index (κ2) is 10.9.